The van der Waals surface area contributed by atoms with Crippen LogP contribution >= 0.6 is 23.5 Å². The van der Waals surface area contributed by atoms with Crippen molar-refractivity contribution in [2.75, 3.05) is 11.5 Å². The molecule has 1 saturated heterocycles. The zero-order valence-corrected chi connectivity index (χ0v) is 11.8. The fourth-order valence-corrected chi connectivity index (χ4v) is 5.49. The molecule has 92 valence electrons. The van der Waals surface area contributed by atoms with Crippen LogP contribution < -0.4 is 5.73 Å². The van der Waals surface area contributed by atoms with E-state index >= 15 is 0 Å². The first-order valence-corrected chi connectivity index (χ1v) is 8.56. The van der Waals surface area contributed by atoms with Crippen LogP contribution in [0.15, 0.2) is 11.6 Å². The lowest BCUT2D eigenvalue weighted by Crippen LogP contribution is -2.42. The highest BCUT2D eigenvalue weighted by Gasteiger charge is 2.29. The average Bonchev–Trinajstić information content (AvgIpc) is 2.57. The molecule has 1 nitrogen and oxygen atoms in total. The van der Waals surface area contributed by atoms with Crippen molar-refractivity contribution in [3.05, 3.63) is 11.6 Å². The van der Waals surface area contributed by atoms with Gasteiger partial charge in [0, 0.05) is 28.0 Å². The minimum absolute atomic E-state index is 0.311. The van der Waals surface area contributed by atoms with Gasteiger partial charge in [0.1, 0.15) is 0 Å². The van der Waals surface area contributed by atoms with Gasteiger partial charge in [-0.1, -0.05) is 25.0 Å². The van der Waals surface area contributed by atoms with E-state index in [0.717, 1.165) is 5.25 Å². The second kappa shape index (κ2) is 6.36. The van der Waals surface area contributed by atoms with Crippen molar-refractivity contribution in [3.8, 4) is 0 Å². The van der Waals surface area contributed by atoms with Gasteiger partial charge in [-0.15, -0.1) is 0 Å². The molecule has 2 rings (SSSR count). The number of hydrogen-bond acceptors (Lipinski definition) is 3. The van der Waals surface area contributed by atoms with E-state index in [2.05, 4.69) is 36.5 Å². The number of allylic oxidation sites excluding steroid dienone is 1. The summed E-state index contributed by atoms with van der Waals surface area (Å²) in [7, 11) is 0. The quantitative estimate of drug-likeness (QED) is 0.768. The molecule has 0 radical (unpaired) electrons. The predicted octanol–water partition coefficient (Wildman–Crippen LogP) is 3.44. The van der Waals surface area contributed by atoms with Gasteiger partial charge >= 0.3 is 0 Å². The Labute approximate surface area is 108 Å². The lowest BCUT2D eigenvalue weighted by atomic mass is 9.98. The first kappa shape index (κ1) is 12.8. The first-order chi connectivity index (χ1) is 7.79. The van der Waals surface area contributed by atoms with E-state index in [9.17, 15) is 0 Å². The van der Waals surface area contributed by atoms with Crippen LogP contribution in [0.25, 0.3) is 0 Å². The normalized spacial score (nSPS) is 34.0. The minimum Gasteiger partial charge on any atom is -0.323 e. The fourth-order valence-electron chi connectivity index (χ4n) is 2.60. The van der Waals surface area contributed by atoms with Gasteiger partial charge in [-0.05, 0) is 25.7 Å². The molecule has 1 aliphatic heterocycles. The Morgan fingerprint density at radius 3 is 2.88 bits per heavy atom. The van der Waals surface area contributed by atoms with Crippen molar-refractivity contribution < 1.29 is 0 Å². The second-order valence-corrected chi connectivity index (χ2v) is 7.59. The van der Waals surface area contributed by atoms with E-state index in [4.69, 9.17) is 5.73 Å². The van der Waals surface area contributed by atoms with Gasteiger partial charge in [-0.3, -0.25) is 0 Å². The fraction of sp³-hybridized carbons (Fsp3) is 0.846. The second-order valence-electron chi connectivity index (χ2n) is 4.82. The van der Waals surface area contributed by atoms with E-state index in [1.807, 2.05) is 0 Å². The molecule has 0 amide bonds. The molecule has 3 atom stereocenters. The number of rotatable bonds is 2. The average molecular weight is 257 g/mol. The monoisotopic (exact) mass is 257 g/mol. The zero-order chi connectivity index (χ0) is 11.4. The van der Waals surface area contributed by atoms with Gasteiger partial charge in [0.2, 0.25) is 0 Å². The first-order valence-electron chi connectivity index (χ1n) is 6.47. The molecule has 1 heterocycles. The van der Waals surface area contributed by atoms with Crippen LogP contribution in [0.2, 0.25) is 0 Å². The Morgan fingerprint density at radius 2 is 2.06 bits per heavy atom. The van der Waals surface area contributed by atoms with E-state index in [1.165, 1.54) is 43.6 Å². The van der Waals surface area contributed by atoms with Crippen LogP contribution in [-0.2, 0) is 0 Å². The topological polar surface area (TPSA) is 26.0 Å². The molecular formula is C13H23NS2. The standard InChI is InChI=1S/C13H23NS2/c1-10-13(16-9-8-15-10)12(14)11-6-4-2-3-5-7-11/h6,10,12-13H,2-5,7-9,14H2,1H3. The molecule has 2 aliphatic rings. The highest BCUT2D eigenvalue weighted by molar-refractivity contribution is 8.07. The smallest absolute Gasteiger partial charge is 0.0385 e. The molecule has 3 heteroatoms. The van der Waals surface area contributed by atoms with Gasteiger partial charge in [0.25, 0.3) is 0 Å². The molecule has 1 aliphatic carbocycles. The highest BCUT2D eigenvalue weighted by atomic mass is 32.2. The van der Waals surface area contributed by atoms with Gasteiger partial charge in [-0.25, -0.2) is 0 Å². The zero-order valence-electron chi connectivity index (χ0n) is 10.2. The Morgan fingerprint density at radius 1 is 1.25 bits per heavy atom. The third-order valence-corrected chi connectivity index (χ3v) is 6.81. The summed E-state index contributed by atoms with van der Waals surface area (Å²) in [6.45, 7) is 2.35. The molecule has 2 N–H and O–H groups in total. The summed E-state index contributed by atoms with van der Waals surface area (Å²) in [6.07, 6.45) is 9.02. The van der Waals surface area contributed by atoms with E-state index in [-0.39, 0.29) is 0 Å². The summed E-state index contributed by atoms with van der Waals surface area (Å²) >= 11 is 4.19. The summed E-state index contributed by atoms with van der Waals surface area (Å²) in [6, 6.07) is 0.311. The van der Waals surface area contributed by atoms with E-state index in [1.54, 1.807) is 5.57 Å². The molecule has 3 unspecified atom stereocenters. The SMILES string of the molecule is CC1SCCSC1C(N)C1=CCCCCC1. The van der Waals surface area contributed by atoms with Crippen LogP contribution in [-0.4, -0.2) is 28.0 Å². The van der Waals surface area contributed by atoms with Crippen molar-refractivity contribution in [2.45, 2.75) is 55.6 Å². The third-order valence-electron chi connectivity index (χ3n) is 3.60. The molecule has 0 aromatic rings. The Bertz CT molecular complexity index is 252. The molecular weight excluding hydrogens is 234 g/mol. The Balaban J connectivity index is 1.98. The molecule has 1 fully saturated rings. The lowest BCUT2D eigenvalue weighted by molar-refractivity contribution is 0.647. The minimum atomic E-state index is 0.311. The maximum atomic E-state index is 6.48. The van der Waals surface area contributed by atoms with Gasteiger partial charge in [0.15, 0.2) is 0 Å². The van der Waals surface area contributed by atoms with Crippen molar-refractivity contribution in [1.29, 1.82) is 0 Å². The van der Waals surface area contributed by atoms with Crippen LogP contribution in [0.3, 0.4) is 0 Å². The maximum Gasteiger partial charge on any atom is 0.0385 e. The van der Waals surface area contributed by atoms with Crippen molar-refractivity contribution in [2.24, 2.45) is 5.73 Å². The summed E-state index contributed by atoms with van der Waals surface area (Å²) in [4.78, 5) is 0. The third kappa shape index (κ3) is 3.21. The molecule has 0 saturated carbocycles. The summed E-state index contributed by atoms with van der Waals surface area (Å²) in [5.74, 6) is 2.58. The van der Waals surface area contributed by atoms with Gasteiger partial charge < -0.3 is 5.73 Å². The summed E-state index contributed by atoms with van der Waals surface area (Å²) in [5, 5.41) is 1.36. The largest absolute Gasteiger partial charge is 0.323 e. The summed E-state index contributed by atoms with van der Waals surface area (Å²) < 4.78 is 0. The number of thioether (sulfide) groups is 2. The van der Waals surface area contributed by atoms with Crippen molar-refractivity contribution in [3.63, 3.8) is 0 Å². The lowest BCUT2D eigenvalue weighted by Gasteiger charge is -2.33. The van der Waals surface area contributed by atoms with Crippen molar-refractivity contribution in [1.82, 2.24) is 0 Å². The molecule has 0 spiro atoms. The number of hydrogen-bond donors (Lipinski definition) is 1. The van der Waals surface area contributed by atoms with Crippen LogP contribution in [0.4, 0.5) is 0 Å². The van der Waals surface area contributed by atoms with Crippen LogP contribution in [0.5, 0.6) is 0 Å². The molecule has 0 bridgehead atoms. The van der Waals surface area contributed by atoms with Crippen LogP contribution in [0.1, 0.15) is 39.0 Å². The predicted molar refractivity (Wildman–Crippen MR) is 77.3 cm³/mol. The maximum absolute atomic E-state index is 6.48. The molecule has 0 aromatic heterocycles. The summed E-state index contributed by atoms with van der Waals surface area (Å²) in [5.41, 5.74) is 8.03. The Hall–Kier alpha value is 0.400. The van der Waals surface area contributed by atoms with Gasteiger partial charge in [-0.2, -0.15) is 23.5 Å². The highest BCUT2D eigenvalue weighted by Crippen LogP contribution is 2.35. The van der Waals surface area contributed by atoms with E-state index < -0.39 is 0 Å². The number of nitrogens with two attached hydrogens (primary N) is 1. The molecule has 16 heavy (non-hydrogen) atoms. The van der Waals surface area contributed by atoms with Gasteiger partial charge in [0.05, 0.1) is 0 Å². The van der Waals surface area contributed by atoms with Crippen molar-refractivity contribution >= 4 is 23.5 Å². The van der Waals surface area contributed by atoms with Crippen LogP contribution in [0, 0.1) is 0 Å². The van der Waals surface area contributed by atoms with E-state index in [0.29, 0.717) is 11.3 Å². The molecule has 0 aromatic carbocycles. The Kier molecular flexibility index (Phi) is 5.11.